The molecule has 2 aliphatic heterocycles. The van der Waals surface area contributed by atoms with E-state index >= 15 is 0 Å². The van der Waals surface area contributed by atoms with E-state index in [4.69, 9.17) is 37.9 Å². The van der Waals surface area contributed by atoms with E-state index in [9.17, 15) is 20.1 Å². The lowest BCUT2D eigenvalue weighted by molar-refractivity contribution is -0.357. The van der Waals surface area contributed by atoms with Gasteiger partial charge in [-0.2, -0.15) is 0 Å². The van der Waals surface area contributed by atoms with Gasteiger partial charge in [-0.15, -0.1) is 0 Å². The molecule has 0 aliphatic carbocycles. The predicted molar refractivity (Wildman–Crippen MR) is 179 cm³/mol. The van der Waals surface area contributed by atoms with E-state index in [2.05, 4.69) is 0 Å². The van der Waals surface area contributed by atoms with Crippen molar-refractivity contribution in [1.82, 2.24) is 0 Å². The van der Waals surface area contributed by atoms with Crippen LogP contribution in [0.4, 0.5) is 0 Å². The van der Waals surface area contributed by atoms with Crippen LogP contribution in [0.5, 0.6) is 0 Å². The monoisotopic (exact) mass is 696 g/mol. The molecule has 2 saturated heterocycles. The van der Waals surface area contributed by atoms with Crippen LogP contribution < -0.4 is 0 Å². The van der Waals surface area contributed by atoms with Crippen molar-refractivity contribution in [3.05, 3.63) is 108 Å². The smallest absolute Gasteiger partial charge is 0.302 e. The molecule has 0 unspecified atom stereocenters. The number of aliphatic hydroxyl groups is 3. The Hall–Kier alpha value is -3.27. The number of carbonyl (C=O) groups excluding carboxylic acids is 1. The van der Waals surface area contributed by atoms with E-state index in [1.54, 1.807) is 0 Å². The highest BCUT2D eigenvalue weighted by Crippen LogP contribution is 2.34. The molecule has 3 aromatic carbocycles. The number of aliphatic hydroxyl groups excluding tert-OH is 3. The number of methoxy groups -OCH3 is 1. The fourth-order valence-corrected chi connectivity index (χ4v) is 6.14. The highest BCUT2D eigenvalue weighted by molar-refractivity contribution is 5.65. The van der Waals surface area contributed by atoms with Crippen molar-refractivity contribution in [1.29, 1.82) is 0 Å². The number of rotatable bonds is 16. The van der Waals surface area contributed by atoms with Crippen molar-refractivity contribution in [2.45, 2.75) is 108 Å². The lowest BCUT2D eigenvalue weighted by atomic mass is 9.93. The zero-order valence-corrected chi connectivity index (χ0v) is 28.6. The minimum absolute atomic E-state index is 0.165. The van der Waals surface area contributed by atoms with E-state index in [0.717, 1.165) is 16.7 Å². The molecule has 2 aliphatic rings. The topological polar surface area (TPSA) is 152 Å². The van der Waals surface area contributed by atoms with E-state index in [1.165, 1.54) is 14.0 Å². The normalized spacial score (nSPS) is 30.4. The first-order chi connectivity index (χ1) is 24.3. The average molecular weight is 697 g/mol. The number of ether oxygens (including phenoxy) is 8. The first kappa shape index (κ1) is 38.0. The van der Waals surface area contributed by atoms with Crippen LogP contribution in [0.25, 0.3) is 0 Å². The third-order valence-electron chi connectivity index (χ3n) is 8.81. The van der Waals surface area contributed by atoms with Crippen molar-refractivity contribution in [2.24, 2.45) is 0 Å². The highest BCUT2D eigenvalue weighted by atomic mass is 16.7. The summed E-state index contributed by atoms with van der Waals surface area (Å²) in [4.78, 5) is 12.0. The maximum absolute atomic E-state index is 12.0. The lowest BCUT2D eigenvalue weighted by Gasteiger charge is -2.48. The summed E-state index contributed by atoms with van der Waals surface area (Å²) in [6.07, 6.45) is -11.9. The molecule has 0 bridgehead atoms. The minimum Gasteiger partial charge on any atom is -0.463 e. The first-order valence-electron chi connectivity index (χ1n) is 16.9. The molecule has 0 aromatic heterocycles. The van der Waals surface area contributed by atoms with Gasteiger partial charge in [-0.1, -0.05) is 97.9 Å². The van der Waals surface area contributed by atoms with Gasteiger partial charge in [-0.3, -0.25) is 4.79 Å². The van der Waals surface area contributed by atoms with E-state index in [-0.39, 0.29) is 26.4 Å². The van der Waals surface area contributed by atoms with Crippen molar-refractivity contribution in [2.75, 3.05) is 13.7 Å². The molecule has 12 heteroatoms. The zero-order valence-electron chi connectivity index (χ0n) is 28.6. The maximum Gasteiger partial charge on any atom is 0.302 e. The van der Waals surface area contributed by atoms with Gasteiger partial charge in [0.15, 0.2) is 12.6 Å². The van der Waals surface area contributed by atoms with Crippen molar-refractivity contribution < 1.29 is 58.0 Å². The Kier molecular flexibility index (Phi) is 14.3. The summed E-state index contributed by atoms with van der Waals surface area (Å²) in [7, 11) is 1.33. The Balaban J connectivity index is 1.50. The summed E-state index contributed by atoms with van der Waals surface area (Å²) in [6, 6.07) is 28.9. The molecule has 2 fully saturated rings. The Bertz CT molecular complexity index is 1410. The largest absolute Gasteiger partial charge is 0.463 e. The van der Waals surface area contributed by atoms with Gasteiger partial charge in [-0.05, 0) is 23.1 Å². The van der Waals surface area contributed by atoms with Gasteiger partial charge in [-0.25, -0.2) is 0 Å². The first-order valence-corrected chi connectivity index (χ1v) is 16.9. The van der Waals surface area contributed by atoms with Crippen LogP contribution in [0.2, 0.25) is 0 Å². The molecule has 0 spiro atoms. The Morgan fingerprint density at radius 2 is 1.18 bits per heavy atom. The second kappa shape index (κ2) is 18.8. The SMILES string of the molecule is CC[C@@H](O[C@H]1O[C@H](COC(C)=O)[C@@H](OCc2ccccc2)[C@H](OCc2ccccc2)[C@H]1OCc1ccccc1)[C@H]1O[C@H](OC)[C@H](O)[C@@H](O)[C@@H]1O. The average Bonchev–Trinajstić information content (AvgIpc) is 3.14. The molecular formula is C38H48O12. The number of esters is 1. The summed E-state index contributed by atoms with van der Waals surface area (Å²) < 4.78 is 49.6. The van der Waals surface area contributed by atoms with Crippen molar-refractivity contribution in [3.8, 4) is 0 Å². The van der Waals surface area contributed by atoms with Gasteiger partial charge >= 0.3 is 5.97 Å². The van der Waals surface area contributed by atoms with Gasteiger partial charge in [0.05, 0.1) is 25.9 Å². The number of hydrogen-bond donors (Lipinski definition) is 3. The summed E-state index contributed by atoms with van der Waals surface area (Å²) in [5.74, 6) is -0.500. The van der Waals surface area contributed by atoms with Gasteiger partial charge in [0.25, 0.3) is 0 Å². The third kappa shape index (κ3) is 9.95. The molecule has 2 heterocycles. The van der Waals surface area contributed by atoms with Gasteiger partial charge in [0.2, 0.25) is 0 Å². The second-order valence-corrected chi connectivity index (χ2v) is 12.4. The van der Waals surface area contributed by atoms with E-state index in [1.807, 2.05) is 97.9 Å². The fourth-order valence-electron chi connectivity index (χ4n) is 6.14. The molecule has 0 saturated carbocycles. The van der Waals surface area contributed by atoms with Crippen LogP contribution in [0.1, 0.15) is 37.0 Å². The lowest BCUT2D eigenvalue weighted by Crippen LogP contribution is -2.64. The molecular weight excluding hydrogens is 648 g/mol. The van der Waals surface area contributed by atoms with Crippen LogP contribution in [-0.2, 0) is 62.5 Å². The highest BCUT2D eigenvalue weighted by Gasteiger charge is 2.52. The van der Waals surface area contributed by atoms with Crippen LogP contribution >= 0.6 is 0 Å². The number of benzene rings is 3. The summed E-state index contributed by atoms with van der Waals surface area (Å²) in [5, 5.41) is 32.0. The molecule has 0 radical (unpaired) electrons. The van der Waals surface area contributed by atoms with Crippen molar-refractivity contribution >= 4 is 5.97 Å². The molecule has 5 rings (SSSR count). The summed E-state index contributed by atoms with van der Waals surface area (Å²) >= 11 is 0. The van der Waals surface area contributed by atoms with Crippen LogP contribution in [0, 0.1) is 0 Å². The van der Waals surface area contributed by atoms with Crippen LogP contribution in [0.15, 0.2) is 91.0 Å². The van der Waals surface area contributed by atoms with Gasteiger partial charge in [0, 0.05) is 14.0 Å². The van der Waals surface area contributed by atoms with Crippen LogP contribution in [-0.4, -0.2) is 103 Å². The molecule has 12 nitrogen and oxygen atoms in total. The quantitative estimate of drug-likeness (QED) is 0.189. The van der Waals surface area contributed by atoms with Crippen molar-refractivity contribution in [3.63, 3.8) is 0 Å². The Morgan fingerprint density at radius 3 is 1.66 bits per heavy atom. The fraction of sp³-hybridized carbons (Fsp3) is 0.500. The predicted octanol–water partition coefficient (Wildman–Crippen LogP) is 3.28. The van der Waals surface area contributed by atoms with E-state index in [0.29, 0.717) is 6.42 Å². The number of hydrogen-bond acceptors (Lipinski definition) is 12. The molecule has 50 heavy (non-hydrogen) atoms. The number of carbonyl (C=O) groups is 1. The summed E-state index contributed by atoms with van der Waals surface area (Å²) in [5.41, 5.74) is 2.73. The minimum atomic E-state index is -1.55. The van der Waals surface area contributed by atoms with Gasteiger partial charge in [0.1, 0.15) is 55.4 Å². The second-order valence-electron chi connectivity index (χ2n) is 12.4. The summed E-state index contributed by atoms with van der Waals surface area (Å²) in [6.45, 7) is 3.57. The molecule has 3 N–H and O–H groups in total. The van der Waals surface area contributed by atoms with E-state index < -0.39 is 73.5 Å². The Morgan fingerprint density at radius 1 is 0.680 bits per heavy atom. The molecule has 0 amide bonds. The maximum atomic E-state index is 12.0. The molecule has 11 atom stereocenters. The van der Waals surface area contributed by atoms with Gasteiger partial charge < -0.3 is 53.2 Å². The Labute approximate surface area is 292 Å². The standard InChI is InChI=1S/C38H48O12/c1-4-28(33-31(41)30(40)32(42)37(43-3)50-33)48-38-36(47-22-27-18-12-7-13-19-27)35(46-21-26-16-10-6-11-17-26)34(29(49-38)23-44-24(2)39)45-20-25-14-8-5-9-15-25/h5-19,28-38,40-42H,4,20-23H2,1-3H3/t28-,29-,30+,31+,32-,33-,34-,35+,36-,37+,38+/m1/s1. The third-order valence-corrected chi connectivity index (χ3v) is 8.81. The van der Waals surface area contributed by atoms with Crippen LogP contribution in [0.3, 0.4) is 0 Å². The molecule has 272 valence electrons. The molecule has 3 aromatic rings. The zero-order chi connectivity index (χ0) is 35.5.